The van der Waals surface area contributed by atoms with Gasteiger partial charge in [0.05, 0.1) is 31.4 Å². The number of ether oxygens (including phenoxy) is 3. The summed E-state index contributed by atoms with van der Waals surface area (Å²) in [7, 11) is 1.53. The molecule has 1 aliphatic heterocycles. The second kappa shape index (κ2) is 10.8. The van der Waals surface area contributed by atoms with Crippen LogP contribution in [0, 0.1) is 6.92 Å². The molecule has 0 bridgehead atoms. The van der Waals surface area contributed by atoms with Crippen molar-refractivity contribution in [3.63, 3.8) is 0 Å². The van der Waals surface area contributed by atoms with Gasteiger partial charge in [-0.2, -0.15) is 0 Å². The van der Waals surface area contributed by atoms with Gasteiger partial charge in [-0.25, -0.2) is 0 Å². The Morgan fingerprint density at radius 1 is 1.00 bits per heavy atom. The summed E-state index contributed by atoms with van der Waals surface area (Å²) in [4.78, 5) is 28.2. The molecule has 37 heavy (non-hydrogen) atoms. The summed E-state index contributed by atoms with van der Waals surface area (Å²) in [6, 6.07) is 18.5. The number of benzene rings is 3. The average Bonchev–Trinajstić information content (AvgIpc) is 3.14. The van der Waals surface area contributed by atoms with Crippen molar-refractivity contribution in [3.8, 4) is 17.2 Å². The van der Waals surface area contributed by atoms with Crippen LogP contribution in [-0.4, -0.2) is 36.6 Å². The molecule has 1 unspecified atom stereocenters. The number of nitrogens with zero attached hydrogens (tertiary/aromatic N) is 1. The Morgan fingerprint density at radius 2 is 1.73 bits per heavy atom. The summed E-state index contributed by atoms with van der Waals surface area (Å²) < 4.78 is 16.9. The molecule has 192 valence electrons. The Labute approximate surface area is 216 Å². The molecular formula is C30H31NO6. The van der Waals surface area contributed by atoms with Crippen LogP contribution in [-0.2, 0) is 9.59 Å². The van der Waals surface area contributed by atoms with Gasteiger partial charge in [0, 0.05) is 11.3 Å². The smallest absolute Gasteiger partial charge is 0.300 e. The molecule has 0 saturated carbocycles. The highest BCUT2D eigenvalue weighted by Gasteiger charge is 2.47. The van der Waals surface area contributed by atoms with Gasteiger partial charge in [0.1, 0.15) is 11.5 Å². The Bertz CT molecular complexity index is 1340. The van der Waals surface area contributed by atoms with E-state index in [9.17, 15) is 14.7 Å². The fourth-order valence-electron chi connectivity index (χ4n) is 4.44. The summed E-state index contributed by atoms with van der Waals surface area (Å²) in [5.41, 5.74) is 2.49. The second-order valence-electron chi connectivity index (χ2n) is 9.04. The molecule has 1 heterocycles. The van der Waals surface area contributed by atoms with Crippen LogP contribution in [0.25, 0.3) is 5.76 Å². The average molecular weight is 502 g/mol. The molecule has 1 amide bonds. The van der Waals surface area contributed by atoms with Gasteiger partial charge in [-0.15, -0.1) is 0 Å². The number of aliphatic hydroxyl groups is 1. The molecule has 0 aliphatic carbocycles. The Kier molecular flexibility index (Phi) is 7.53. The van der Waals surface area contributed by atoms with Gasteiger partial charge in [0.2, 0.25) is 0 Å². The van der Waals surface area contributed by atoms with Crippen LogP contribution in [0.3, 0.4) is 0 Å². The first-order valence-electron chi connectivity index (χ1n) is 12.2. The third kappa shape index (κ3) is 5.16. The maximum absolute atomic E-state index is 13.4. The lowest BCUT2D eigenvalue weighted by molar-refractivity contribution is -0.132. The number of rotatable bonds is 8. The van der Waals surface area contributed by atoms with Gasteiger partial charge in [-0.3, -0.25) is 14.5 Å². The quantitative estimate of drug-likeness (QED) is 0.238. The number of hydrogen-bond acceptors (Lipinski definition) is 6. The monoisotopic (exact) mass is 501 g/mol. The highest BCUT2D eigenvalue weighted by Crippen LogP contribution is 2.44. The zero-order valence-corrected chi connectivity index (χ0v) is 21.6. The van der Waals surface area contributed by atoms with Crippen LogP contribution in [0.5, 0.6) is 17.2 Å². The third-order valence-corrected chi connectivity index (χ3v) is 6.03. The van der Waals surface area contributed by atoms with E-state index in [0.717, 1.165) is 5.56 Å². The maximum atomic E-state index is 13.4. The van der Waals surface area contributed by atoms with E-state index in [1.807, 2.05) is 45.9 Å². The van der Waals surface area contributed by atoms with Gasteiger partial charge in [0.25, 0.3) is 11.7 Å². The molecule has 7 heteroatoms. The number of aliphatic hydroxyl groups excluding tert-OH is 1. The number of methoxy groups -OCH3 is 1. The molecule has 0 aromatic heterocycles. The third-order valence-electron chi connectivity index (χ3n) is 6.03. The predicted octanol–water partition coefficient (Wildman–Crippen LogP) is 5.82. The molecule has 1 fully saturated rings. The summed E-state index contributed by atoms with van der Waals surface area (Å²) in [5, 5.41) is 11.4. The molecule has 0 radical (unpaired) electrons. The summed E-state index contributed by atoms with van der Waals surface area (Å²) >= 11 is 0. The van der Waals surface area contributed by atoms with Crippen molar-refractivity contribution in [3.05, 3.63) is 89.0 Å². The lowest BCUT2D eigenvalue weighted by Crippen LogP contribution is -2.29. The predicted molar refractivity (Wildman–Crippen MR) is 142 cm³/mol. The molecule has 4 rings (SSSR count). The Morgan fingerprint density at radius 3 is 2.35 bits per heavy atom. The maximum Gasteiger partial charge on any atom is 0.300 e. The molecule has 1 atom stereocenters. The fraction of sp³-hybridized carbons (Fsp3) is 0.267. The molecule has 3 aromatic rings. The van der Waals surface area contributed by atoms with E-state index < -0.39 is 17.7 Å². The van der Waals surface area contributed by atoms with E-state index in [1.54, 1.807) is 48.5 Å². The molecular weight excluding hydrogens is 470 g/mol. The van der Waals surface area contributed by atoms with Crippen LogP contribution < -0.4 is 19.1 Å². The second-order valence-corrected chi connectivity index (χ2v) is 9.04. The van der Waals surface area contributed by atoms with Crippen molar-refractivity contribution in [2.45, 2.75) is 39.8 Å². The number of hydrogen-bond donors (Lipinski definition) is 1. The summed E-state index contributed by atoms with van der Waals surface area (Å²) in [6.45, 7) is 8.08. The van der Waals surface area contributed by atoms with E-state index in [0.29, 0.717) is 40.7 Å². The highest BCUT2D eigenvalue weighted by atomic mass is 16.5. The number of aryl methyl sites for hydroxylation is 1. The number of ketones is 1. The normalized spacial score (nSPS) is 16.8. The van der Waals surface area contributed by atoms with Crippen LogP contribution in [0.4, 0.5) is 5.69 Å². The molecule has 1 aliphatic rings. The molecule has 1 saturated heterocycles. The van der Waals surface area contributed by atoms with E-state index in [-0.39, 0.29) is 17.4 Å². The van der Waals surface area contributed by atoms with Crippen LogP contribution in [0.15, 0.2) is 72.3 Å². The van der Waals surface area contributed by atoms with Gasteiger partial charge in [-0.1, -0.05) is 18.2 Å². The zero-order chi connectivity index (χ0) is 26.7. The Hall–Kier alpha value is -4.26. The standard InChI is InChI=1S/C30H31NO6/c1-6-36-24-15-12-21(17-25(24)35-5)27-26(28(32)20-10-13-23(14-11-20)37-18(2)3)29(33)30(34)31(27)22-9-7-8-19(4)16-22/h7-18,27,32H,6H2,1-5H3/b28-26-. The Balaban J connectivity index is 1.90. The van der Waals surface area contributed by atoms with E-state index >= 15 is 0 Å². The van der Waals surface area contributed by atoms with E-state index in [2.05, 4.69) is 0 Å². The van der Waals surface area contributed by atoms with Crippen molar-refractivity contribution in [1.82, 2.24) is 0 Å². The van der Waals surface area contributed by atoms with E-state index in [4.69, 9.17) is 14.2 Å². The zero-order valence-electron chi connectivity index (χ0n) is 21.6. The minimum absolute atomic E-state index is 0.00440. The summed E-state index contributed by atoms with van der Waals surface area (Å²) in [6.07, 6.45) is -0.00580. The topological polar surface area (TPSA) is 85.3 Å². The lowest BCUT2D eigenvalue weighted by Gasteiger charge is -2.26. The first-order valence-corrected chi connectivity index (χ1v) is 12.2. The van der Waals surface area contributed by atoms with Crippen LogP contribution in [0.2, 0.25) is 0 Å². The number of carbonyl (C=O) groups is 2. The SMILES string of the molecule is CCOc1ccc(C2/C(=C(/O)c3ccc(OC(C)C)cc3)C(=O)C(=O)N2c2cccc(C)c2)cc1OC. The number of amides is 1. The van der Waals surface area contributed by atoms with Crippen molar-refractivity contribution >= 4 is 23.1 Å². The van der Waals surface area contributed by atoms with Gasteiger partial charge >= 0.3 is 0 Å². The fourth-order valence-corrected chi connectivity index (χ4v) is 4.44. The largest absolute Gasteiger partial charge is 0.507 e. The minimum atomic E-state index is -0.877. The van der Waals surface area contributed by atoms with Crippen molar-refractivity contribution in [2.24, 2.45) is 0 Å². The van der Waals surface area contributed by atoms with Crippen molar-refractivity contribution in [2.75, 3.05) is 18.6 Å². The highest BCUT2D eigenvalue weighted by molar-refractivity contribution is 6.51. The molecule has 3 aromatic carbocycles. The van der Waals surface area contributed by atoms with Crippen molar-refractivity contribution in [1.29, 1.82) is 0 Å². The van der Waals surface area contributed by atoms with Gasteiger partial charge in [-0.05, 0) is 87.4 Å². The van der Waals surface area contributed by atoms with Crippen LogP contribution in [0.1, 0.15) is 43.5 Å². The van der Waals surface area contributed by atoms with E-state index in [1.165, 1.54) is 12.0 Å². The number of anilines is 1. The first-order chi connectivity index (χ1) is 17.7. The van der Waals surface area contributed by atoms with Gasteiger partial charge in [0.15, 0.2) is 11.5 Å². The lowest BCUT2D eigenvalue weighted by atomic mass is 9.94. The molecule has 1 N–H and O–H groups in total. The van der Waals surface area contributed by atoms with Crippen LogP contribution >= 0.6 is 0 Å². The summed E-state index contributed by atoms with van der Waals surface area (Å²) in [5.74, 6) is -0.0995. The molecule has 0 spiro atoms. The number of Topliss-reactive ketones (excluding diaryl/α,β-unsaturated/α-hetero) is 1. The van der Waals surface area contributed by atoms with Crippen molar-refractivity contribution < 1.29 is 28.9 Å². The number of carbonyl (C=O) groups excluding carboxylic acids is 2. The minimum Gasteiger partial charge on any atom is -0.507 e. The molecule has 7 nitrogen and oxygen atoms in total. The first kappa shape index (κ1) is 25.8. The van der Waals surface area contributed by atoms with Gasteiger partial charge < -0.3 is 19.3 Å².